The van der Waals surface area contributed by atoms with Crippen molar-refractivity contribution in [2.45, 2.75) is 65.2 Å². The molecule has 5 heteroatoms. The maximum Gasteiger partial charge on any atom is 0.202 e. The van der Waals surface area contributed by atoms with E-state index in [-0.39, 0.29) is 23.2 Å². The molecule has 0 spiro atoms. The number of Topliss-reactive ketones (excluding diaryl/α,β-unsaturated/α-hetero) is 1. The predicted octanol–water partition coefficient (Wildman–Crippen LogP) is 8.31. The molecule has 3 rings (SSSR count). The van der Waals surface area contributed by atoms with Crippen LogP contribution in [0.1, 0.15) is 75.2 Å². The molecule has 0 bridgehead atoms. The maximum atomic E-state index is 13.1. The van der Waals surface area contributed by atoms with Crippen LogP contribution in [-0.4, -0.2) is 12.4 Å². The standard InChI is InChI=1S/C30H37NO3S/c1-7-29(3,4)23-16-17-26(25(19-23)30(5,6)8-2)34-33-21-22(28(32)27-15-12-18-35-27)20-31-24-13-10-9-11-14-24/h9-20,31H,7-8,21H2,1-6H3/b22-20+. The minimum Gasteiger partial charge on any atom is -0.361 e. The van der Waals surface area contributed by atoms with Crippen molar-refractivity contribution in [3.8, 4) is 5.75 Å². The molecule has 0 aliphatic carbocycles. The van der Waals surface area contributed by atoms with Crippen LogP contribution in [0, 0.1) is 0 Å². The molecule has 0 amide bonds. The molecule has 0 unspecified atom stereocenters. The van der Waals surface area contributed by atoms with E-state index in [0.717, 1.165) is 24.1 Å². The van der Waals surface area contributed by atoms with E-state index < -0.39 is 0 Å². The van der Waals surface area contributed by atoms with Crippen molar-refractivity contribution in [3.63, 3.8) is 0 Å². The molecule has 186 valence electrons. The van der Waals surface area contributed by atoms with Gasteiger partial charge in [0.1, 0.15) is 6.61 Å². The van der Waals surface area contributed by atoms with Crippen molar-refractivity contribution in [1.29, 1.82) is 0 Å². The Bertz CT molecular complexity index is 1130. The number of hydrogen-bond donors (Lipinski definition) is 1. The van der Waals surface area contributed by atoms with Gasteiger partial charge in [-0.3, -0.25) is 4.79 Å². The van der Waals surface area contributed by atoms with Crippen molar-refractivity contribution >= 4 is 22.8 Å². The highest BCUT2D eigenvalue weighted by atomic mass is 32.1. The van der Waals surface area contributed by atoms with Gasteiger partial charge in [0.2, 0.25) is 5.78 Å². The topological polar surface area (TPSA) is 47.6 Å². The summed E-state index contributed by atoms with van der Waals surface area (Å²) in [5.41, 5.74) is 3.76. The fourth-order valence-electron chi connectivity index (χ4n) is 3.55. The summed E-state index contributed by atoms with van der Waals surface area (Å²) in [5, 5.41) is 5.09. The highest BCUT2D eigenvalue weighted by Gasteiger charge is 2.27. The van der Waals surface area contributed by atoms with Gasteiger partial charge in [0.15, 0.2) is 5.75 Å². The van der Waals surface area contributed by atoms with E-state index in [1.165, 1.54) is 16.9 Å². The zero-order valence-electron chi connectivity index (χ0n) is 21.7. The first-order chi connectivity index (χ1) is 16.7. The van der Waals surface area contributed by atoms with Crippen molar-refractivity contribution in [3.05, 3.63) is 93.8 Å². The summed E-state index contributed by atoms with van der Waals surface area (Å²) in [6.07, 6.45) is 3.70. The van der Waals surface area contributed by atoms with E-state index in [1.54, 1.807) is 6.20 Å². The third-order valence-electron chi connectivity index (χ3n) is 6.84. The van der Waals surface area contributed by atoms with Crippen molar-refractivity contribution in [1.82, 2.24) is 0 Å². The average molecular weight is 492 g/mol. The lowest BCUT2D eigenvalue weighted by Gasteiger charge is -2.30. The Morgan fingerprint density at radius 3 is 2.29 bits per heavy atom. The van der Waals surface area contributed by atoms with Crippen LogP contribution in [0.2, 0.25) is 0 Å². The Morgan fingerprint density at radius 2 is 1.66 bits per heavy atom. The molecule has 0 saturated heterocycles. The van der Waals surface area contributed by atoms with Gasteiger partial charge in [0.25, 0.3) is 0 Å². The molecule has 1 aromatic heterocycles. The Morgan fingerprint density at radius 1 is 0.943 bits per heavy atom. The Balaban J connectivity index is 1.82. The lowest BCUT2D eigenvalue weighted by molar-refractivity contribution is -0.198. The number of thiophene rings is 1. The number of carbonyl (C=O) groups is 1. The lowest BCUT2D eigenvalue weighted by atomic mass is 9.76. The first kappa shape index (κ1) is 26.7. The molecule has 0 radical (unpaired) electrons. The van der Waals surface area contributed by atoms with Crippen LogP contribution in [0.5, 0.6) is 5.75 Å². The highest BCUT2D eigenvalue weighted by molar-refractivity contribution is 7.12. The molecule has 0 saturated carbocycles. The second-order valence-corrected chi connectivity index (χ2v) is 11.0. The number of benzene rings is 2. The van der Waals surface area contributed by atoms with E-state index in [9.17, 15) is 4.79 Å². The van der Waals surface area contributed by atoms with Crippen LogP contribution < -0.4 is 10.2 Å². The van der Waals surface area contributed by atoms with Crippen LogP contribution in [0.25, 0.3) is 0 Å². The summed E-state index contributed by atoms with van der Waals surface area (Å²) < 4.78 is 0. The molecule has 4 nitrogen and oxygen atoms in total. The predicted molar refractivity (Wildman–Crippen MR) is 146 cm³/mol. The third-order valence-corrected chi connectivity index (χ3v) is 7.71. The molecule has 2 aromatic carbocycles. The maximum absolute atomic E-state index is 13.1. The molecule has 0 atom stereocenters. The number of anilines is 1. The minimum atomic E-state index is -0.0845. The van der Waals surface area contributed by atoms with Crippen LogP contribution in [0.3, 0.4) is 0 Å². The zero-order valence-corrected chi connectivity index (χ0v) is 22.5. The Kier molecular flexibility index (Phi) is 8.92. The van der Waals surface area contributed by atoms with Gasteiger partial charge in [-0.05, 0) is 58.9 Å². The molecular weight excluding hydrogens is 454 g/mol. The van der Waals surface area contributed by atoms with Gasteiger partial charge >= 0.3 is 0 Å². The largest absolute Gasteiger partial charge is 0.361 e. The Hall–Kier alpha value is -2.89. The fourth-order valence-corrected chi connectivity index (χ4v) is 4.25. The molecule has 1 heterocycles. The summed E-state index contributed by atoms with van der Waals surface area (Å²) in [4.78, 5) is 25.3. The van der Waals surface area contributed by atoms with Crippen LogP contribution in [-0.2, 0) is 15.7 Å². The van der Waals surface area contributed by atoms with Crippen LogP contribution in [0.15, 0.2) is 77.8 Å². The lowest BCUT2D eigenvalue weighted by Crippen LogP contribution is -2.21. The van der Waals surface area contributed by atoms with E-state index in [4.69, 9.17) is 9.78 Å². The number of rotatable bonds is 12. The summed E-state index contributed by atoms with van der Waals surface area (Å²) in [5.74, 6) is 0.604. The van der Waals surface area contributed by atoms with Crippen LogP contribution >= 0.6 is 11.3 Å². The average Bonchev–Trinajstić information content (AvgIpc) is 3.41. The summed E-state index contributed by atoms with van der Waals surface area (Å²) in [6.45, 7) is 13.4. The molecule has 0 fully saturated rings. The van der Waals surface area contributed by atoms with Gasteiger partial charge < -0.3 is 10.2 Å². The number of hydrogen-bond acceptors (Lipinski definition) is 5. The van der Waals surface area contributed by atoms with Crippen molar-refractivity contribution in [2.24, 2.45) is 0 Å². The Labute approximate surface area is 213 Å². The second-order valence-electron chi connectivity index (χ2n) is 10.0. The van der Waals surface area contributed by atoms with E-state index in [1.807, 2.05) is 53.9 Å². The van der Waals surface area contributed by atoms with Crippen LogP contribution in [0.4, 0.5) is 5.69 Å². The van der Waals surface area contributed by atoms with Gasteiger partial charge in [0.05, 0.1) is 4.88 Å². The highest BCUT2D eigenvalue weighted by Crippen LogP contribution is 2.38. The van der Waals surface area contributed by atoms with E-state index in [2.05, 4.69) is 59.0 Å². The molecule has 0 aliphatic rings. The number of nitrogens with one attached hydrogen (secondary N) is 1. The number of carbonyl (C=O) groups excluding carboxylic acids is 1. The minimum absolute atomic E-state index is 0.0186. The SMILES string of the molecule is CCC(C)(C)c1ccc(OOC/C(=C\Nc2ccccc2)C(=O)c2cccs2)c(C(C)(C)CC)c1. The van der Waals surface area contributed by atoms with E-state index in [0.29, 0.717) is 16.2 Å². The first-order valence-electron chi connectivity index (χ1n) is 12.2. The van der Waals surface area contributed by atoms with Crippen molar-refractivity contribution < 1.29 is 14.6 Å². The molecule has 0 aliphatic heterocycles. The summed E-state index contributed by atoms with van der Waals surface area (Å²) in [6, 6.07) is 19.8. The van der Waals surface area contributed by atoms with Gasteiger partial charge in [-0.1, -0.05) is 77.9 Å². The second kappa shape index (κ2) is 11.7. The normalized spacial score (nSPS) is 12.5. The molecule has 35 heavy (non-hydrogen) atoms. The van der Waals surface area contributed by atoms with Crippen molar-refractivity contribution in [2.75, 3.05) is 11.9 Å². The molecule has 1 N–H and O–H groups in total. The first-order valence-corrected chi connectivity index (χ1v) is 13.1. The molecule has 3 aromatic rings. The van der Waals surface area contributed by atoms with Gasteiger partial charge in [-0.25, -0.2) is 0 Å². The van der Waals surface area contributed by atoms with Gasteiger partial charge in [-0.2, -0.15) is 4.89 Å². The smallest absolute Gasteiger partial charge is 0.202 e. The number of para-hydroxylation sites is 1. The summed E-state index contributed by atoms with van der Waals surface area (Å²) in [7, 11) is 0. The van der Waals surface area contributed by atoms with E-state index >= 15 is 0 Å². The summed E-state index contributed by atoms with van der Waals surface area (Å²) >= 11 is 1.41. The number of ketones is 1. The van der Waals surface area contributed by atoms with Gasteiger partial charge in [0, 0.05) is 23.0 Å². The fraction of sp³-hybridized carbons (Fsp3) is 0.367. The quantitative estimate of drug-likeness (QED) is 0.120. The van der Waals surface area contributed by atoms with Gasteiger partial charge in [-0.15, -0.1) is 11.3 Å². The zero-order chi connectivity index (χ0) is 25.5. The molecular formula is C30H37NO3S. The monoisotopic (exact) mass is 491 g/mol. The third kappa shape index (κ3) is 6.83.